The number of phenolic OH excluding ortho intramolecular Hbond substituents is 1. The molecule has 0 aliphatic carbocycles. The van der Waals surface area contributed by atoms with Gasteiger partial charge in [0, 0.05) is 11.4 Å². The highest BCUT2D eigenvalue weighted by atomic mass is 79.9. The first kappa shape index (κ1) is 18.3. The number of hydrogen-bond donors (Lipinski definition) is 1. The third-order valence-electron chi connectivity index (χ3n) is 4.87. The van der Waals surface area contributed by atoms with Gasteiger partial charge in [0.2, 0.25) is 0 Å². The van der Waals surface area contributed by atoms with E-state index in [1.54, 1.807) is 22.0 Å². The Morgan fingerprint density at radius 3 is 2.93 bits per heavy atom. The first-order valence-electron chi connectivity index (χ1n) is 8.77. The van der Waals surface area contributed by atoms with E-state index in [-0.39, 0.29) is 11.3 Å². The van der Waals surface area contributed by atoms with Crippen molar-refractivity contribution in [3.63, 3.8) is 0 Å². The molecule has 0 saturated heterocycles. The lowest BCUT2D eigenvalue weighted by Gasteiger charge is -2.09. The zero-order valence-electron chi connectivity index (χ0n) is 15.3. The van der Waals surface area contributed by atoms with Crippen LogP contribution in [0.15, 0.2) is 21.4 Å². The number of benzene rings is 1. The monoisotopic (exact) mass is 446 g/mol. The summed E-state index contributed by atoms with van der Waals surface area (Å²) in [6.07, 6.45) is 2.76. The molecule has 27 heavy (non-hydrogen) atoms. The van der Waals surface area contributed by atoms with Crippen LogP contribution >= 0.6 is 27.3 Å². The minimum atomic E-state index is 0.0437. The van der Waals surface area contributed by atoms with Crippen LogP contribution in [0, 0.1) is 13.8 Å². The minimum Gasteiger partial charge on any atom is -0.503 e. The van der Waals surface area contributed by atoms with Crippen molar-refractivity contribution in [2.45, 2.75) is 33.7 Å². The average Bonchev–Trinajstić information content (AvgIpc) is 3.14. The Labute approximate surface area is 169 Å². The molecule has 0 saturated carbocycles. The summed E-state index contributed by atoms with van der Waals surface area (Å²) in [6.45, 7) is 6.98. The number of ether oxygens (including phenoxy) is 1. The van der Waals surface area contributed by atoms with Crippen LogP contribution in [0.5, 0.6) is 11.5 Å². The lowest BCUT2D eigenvalue weighted by molar-refractivity contribution is 0.317. The molecule has 3 heterocycles. The molecule has 0 atom stereocenters. The van der Waals surface area contributed by atoms with Gasteiger partial charge in [0.05, 0.1) is 16.5 Å². The van der Waals surface area contributed by atoms with Gasteiger partial charge >= 0.3 is 0 Å². The number of halogens is 1. The highest BCUT2D eigenvalue weighted by Gasteiger charge is 2.23. The first-order valence-corrected chi connectivity index (χ1v) is 10.4. The van der Waals surface area contributed by atoms with Crippen molar-refractivity contribution in [1.29, 1.82) is 0 Å². The molecule has 5 nitrogen and oxygen atoms in total. The molecule has 1 aliphatic heterocycles. The van der Waals surface area contributed by atoms with E-state index in [0.29, 0.717) is 23.4 Å². The van der Waals surface area contributed by atoms with E-state index in [1.165, 1.54) is 0 Å². The Morgan fingerprint density at radius 1 is 1.41 bits per heavy atom. The van der Waals surface area contributed by atoms with Crippen molar-refractivity contribution in [3.8, 4) is 11.5 Å². The van der Waals surface area contributed by atoms with Crippen molar-refractivity contribution >= 4 is 49.1 Å². The quantitative estimate of drug-likeness (QED) is 0.621. The van der Waals surface area contributed by atoms with E-state index in [9.17, 15) is 9.90 Å². The fraction of sp³-hybridized carbons (Fsp3) is 0.300. The predicted molar refractivity (Wildman–Crippen MR) is 113 cm³/mol. The molecule has 1 aliphatic rings. The number of aromatic nitrogens is 2. The molecule has 4 rings (SSSR count). The summed E-state index contributed by atoms with van der Waals surface area (Å²) >= 11 is 4.94. The fourth-order valence-electron chi connectivity index (χ4n) is 3.40. The summed E-state index contributed by atoms with van der Waals surface area (Å²) in [4.78, 5) is 19.7. The van der Waals surface area contributed by atoms with E-state index in [0.717, 1.165) is 44.0 Å². The maximum Gasteiger partial charge on any atom is 0.262 e. The number of aromatic hydroxyl groups is 1. The van der Waals surface area contributed by atoms with Gasteiger partial charge < -0.3 is 9.84 Å². The molecule has 1 aromatic carbocycles. The van der Waals surface area contributed by atoms with Gasteiger partial charge in [-0.1, -0.05) is 0 Å². The van der Waals surface area contributed by atoms with Crippen LogP contribution in [-0.4, -0.2) is 21.3 Å². The van der Waals surface area contributed by atoms with Gasteiger partial charge in [-0.3, -0.25) is 9.36 Å². The topological polar surface area (TPSA) is 64.4 Å². The second kappa shape index (κ2) is 6.80. The largest absolute Gasteiger partial charge is 0.503 e. The zero-order chi connectivity index (χ0) is 19.3. The van der Waals surface area contributed by atoms with Crippen molar-refractivity contribution in [2.75, 3.05) is 6.61 Å². The van der Waals surface area contributed by atoms with Gasteiger partial charge in [0.1, 0.15) is 10.7 Å². The smallest absolute Gasteiger partial charge is 0.262 e. The minimum absolute atomic E-state index is 0.0437. The molecule has 0 bridgehead atoms. The van der Waals surface area contributed by atoms with Crippen LogP contribution in [0.4, 0.5) is 0 Å². The standard InChI is InChI=1S/C20H19BrN2O3S/c1-4-26-15-9-12(8-14(21)17(15)24)7-13-5-6-23-18(13)22-19-16(20(23)25)10(2)11(3)27-19/h7-9,24H,4-6H2,1-3H3/b13-7+. The average molecular weight is 447 g/mol. The second-order valence-electron chi connectivity index (χ2n) is 6.56. The van der Waals surface area contributed by atoms with Crippen LogP contribution in [0.25, 0.3) is 21.9 Å². The molecular formula is C20H19BrN2O3S. The fourth-order valence-corrected chi connectivity index (χ4v) is 4.88. The molecule has 2 aromatic heterocycles. The number of thiophene rings is 1. The number of nitrogens with zero attached hydrogens (tertiary/aromatic N) is 2. The van der Waals surface area contributed by atoms with Crippen LogP contribution in [0.3, 0.4) is 0 Å². The van der Waals surface area contributed by atoms with Crippen LogP contribution in [0.1, 0.15) is 35.2 Å². The van der Waals surface area contributed by atoms with E-state index < -0.39 is 0 Å². The molecule has 7 heteroatoms. The van der Waals surface area contributed by atoms with Gasteiger partial charge in [-0.15, -0.1) is 11.3 Å². The van der Waals surface area contributed by atoms with Crippen molar-refractivity contribution in [2.24, 2.45) is 0 Å². The summed E-state index contributed by atoms with van der Waals surface area (Å²) in [5, 5.41) is 10.8. The third kappa shape index (κ3) is 2.99. The van der Waals surface area contributed by atoms with Crippen molar-refractivity contribution in [3.05, 3.63) is 48.8 Å². The van der Waals surface area contributed by atoms with Gasteiger partial charge in [-0.05, 0) is 78.0 Å². The summed E-state index contributed by atoms with van der Waals surface area (Å²) in [5.41, 5.74) is 2.98. The van der Waals surface area contributed by atoms with Crippen molar-refractivity contribution < 1.29 is 9.84 Å². The Morgan fingerprint density at radius 2 is 2.19 bits per heavy atom. The lowest BCUT2D eigenvalue weighted by Crippen LogP contribution is -2.20. The van der Waals surface area contributed by atoms with E-state index in [1.807, 2.05) is 32.9 Å². The van der Waals surface area contributed by atoms with Crippen molar-refractivity contribution in [1.82, 2.24) is 9.55 Å². The Hall–Kier alpha value is -2.12. The second-order valence-corrected chi connectivity index (χ2v) is 8.62. The number of hydrogen-bond acceptors (Lipinski definition) is 5. The molecule has 0 spiro atoms. The van der Waals surface area contributed by atoms with Crippen LogP contribution < -0.4 is 10.3 Å². The summed E-state index contributed by atoms with van der Waals surface area (Å²) < 4.78 is 7.85. The number of phenols is 1. The predicted octanol–water partition coefficient (Wildman–Crippen LogP) is 4.89. The maximum absolute atomic E-state index is 12.9. The molecule has 0 radical (unpaired) electrons. The van der Waals surface area contributed by atoms with Crippen LogP contribution in [-0.2, 0) is 6.54 Å². The molecule has 3 aromatic rings. The third-order valence-corrected chi connectivity index (χ3v) is 6.58. The number of aryl methyl sites for hydroxylation is 2. The summed E-state index contributed by atoms with van der Waals surface area (Å²) in [6, 6.07) is 3.64. The maximum atomic E-state index is 12.9. The lowest BCUT2D eigenvalue weighted by atomic mass is 10.1. The summed E-state index contributed by atoms with van der Waals surface area (Å²) in [7, 11) is 0. The van der Waals surface area contributed by atoms with Gasteiger partial charge in [-0.2, -0.15) is 0 Å². The van der Waals surface area contributed by atoms with Crippen LogP contribution in [0.2, 0.25) is 0 Å². The molecular weight excluding hydrogens is 428 g/mol. The zero-order valence-corrected chi connectivity index (χ0v) is 17.7. The number of fused-ring (bicyclic) bond motifs is 2. The highest BCUT2D eigenvalue weighted by molar-refractivity contribution is 9.10. The van der Waals surface area contributed by atoms with Gasteiger partial charge in [0.15, 0.2) is 11.5 Å². The highest BCUT2D eigenvalue weighted by Crippen LogP contribution is 2.38. The molecule has 0 fully saturated rings. The molecule has 0 amide bonds. The SMILES string of the molecule is CCOc1cc(/C=C2\CCn3c2nc2sc(C)c(C)c2c3=O)cc(Br)c1O. The normalized spacial score (nSPS) is 14.9. The van der Waals surface area contributed by atoms with E-state index in [4.69, 9.17) is 9.72 Å². The number of allylic oxidation sites excluding steroid dienone is 1. The number of rotatable bonds is 3. The van der Waals surface area contributed by atoms with E-state index in [2.05, 4.69) is 15.9 Å². The Kier molecular flexibility index (Phi) is 4.60. The Balaban J connectivity index is 1.85. The van der Waals surface area contributed by atoms with Gasteiger partial charge in [0.25, 0.3) is 5.56 Å². The first-order chi connectivity index (χ1) is 12.9. The molecule has 140 valence electrons. The molecule has 0 unspecified atom stereocenters. The summed E-state index contributed by atoms with van der Waals surface area (Å²) in [5.74, 6) is 1.25. The Bertz CT molecular complexity index is 1160. The molecule has 1 N–H and O–H groups in total. The van der Waals surface area contributed by atoms with E-state index >= 15 is 0 Å². The van der Waals surface area contributed by atoms with Gasteiger partial charge in [-0.25, -0.2) is 4.98 Å².